The van der Waals surface area contributed by atoms with E-state index in [4.69, 9.17) is 4.18 Å². The van der Waals surface area contributed by atoms with Crippen molar-refractivity contribution < 1.29 is 17.0 Å². The molecule has 1 aromatic carbocycles. The Balaban J connectivity index is 2.22. The topological polar surface area (TPSA) is 43.4 Å². The van der Waals surface area contributed by atoms with Crippen LogP contribution in [0.25, 0.3) is 0 Å². The summed E-state index contributed by atoms with van der Waals surface area (Å²) in [5.41, 5.74) is -0.116. The molecule has 1 aliphatic carbocycles. The lowest BCUT2D eigenvalue weighted by molar-refractivity contribution is 0.149. The summed E-state index contributed by atoms with van der Waals surface area (Å²) >= 11 is 0. The fraction of sp³-hybridized carbons (Fsp3) is 0.455. The van der Waals surface area contributed by atoms with Crippen molar-refractivity contribution in [2.24, 2.45) is 0 Å². The van der Waals surface area contributed by atoms with Gasteiger partial charge in [-0.05, 0) is 31.9 Å². The lowest BCUT2D eigenvalue weighted by Crippen LogP contribution is -2.22. The van der Waals surface area contributed by atoms with Gasteiger partial charge in [0.25, 0.3) is 10.1 Å². The zero-order valence-corrected chi connectivity index (χ0v) is 9.76. The van der Waals surface area contributed by atoms with E-state index >= 15 is 0 Å². The first-order chi connectivity index (χ1) is 7.47. The van der Waals surface area contributed by atoms with Crippen molar-refractivity contribution in [3.05, 3.63) is 29.8 Å². The minimum atomic E-state index is -3.82. The minimum absolute atomic E-state index is 0.0813. The third-order valence-corrected chi connectivity index (χ3v) is 4.07. The van der Waals surface area contributed by atoms with E-state index < -0.39 is 22.4 Å². The maximum absolute atomic E-state index is 12.6. The SMILES string of the molecule is Cc1ccc(S(=O)(=O)OC2(CF)CC2)cc1. The second-order valence-corrected chi connectivity index (χ2v) is 5.71. The van der Waals surface area contributed by atoms with Crippen LogP contribution < -0.4 is 0 Å². The standard InChI is InChI=1S/C11H13FO3S/c1-9-2-4-10(5-3-9)16(13,14)15-11(8-12)6-7-11/h2-5H,6-8H2,1H3. The van der Waals surface area contributed by atoms with Crippen molar-refractivity contribution in [2.75, 3.05) is 6.67 Å². The van der Waals surface area contributed by atoms with E-state index in [0.717, 1.165) is 5.56 Å². The van der Waals surface area contributed by atoms with Crippen LogP contribution in [-0.4, -0.2) is 20.7 Å². The minimum Gasteiger partial charge on any atom is -0.257 e. The number of benzene rings is 1. The van der Waals surface area contributed by atoms with Crippen LogP contribution in [0, 0.1) is 6.92 Å². The van der Waals surface area contributed by atoms with E-state index in [2.05, 4.69) is 0 Å². The van der Waals surface area contributed by atoms with Crippen molar-refractivity contribution >= 4 is 10.1 Å². The average Bonchev–Trinajstić information content (AvgIpc) is 2.98. The lowest BCUT2D eigenvalue weighted by Gasteiger charge is -2.12. The van der Waals surface area contributed by atoms with Crippen molar-refractivity contribution in [2.45, 2.75) is 30.3 Å². The van der Waals surface area contributed by atoms with Crippen LogP contribution >= 0.6 is 0 Å². The number of alkyl halides is 1. The number of hydrogen-bond acceptors (Lipinski definition) is 3. The average molecular weight is 244 g/mol. The summed E-state index contributed by atoms with van der Waals surface area (Å²) < 4.78 is 41.0. The van der Waals surface area contributed by atoms with Crippen LogP contribution in [0.2, 0.25) is 0 Å². The van der Waals surface area contributed by atoms with Crippen molar-refractivity contribution in [3.63, 3.8) is 0 Å². The Labute approximate surface area is 94.4 Å². The van der Waals surface area contributed by atoms with Crippen LogP contribution in [-0.2, 0) is 14.3 Å². The fourth-order valence-corrected chi connectivity index (χ4v) is 2.61. The Kier molecular flexibility index (Phi) is 2.75. The predicted molar refractivity (Wildman–Crippen MR) is 57.4 cm³/mol. The largest absolute Gasteiger partial charge is 0.297 e. The van der Waals surface area contributed by atoms with Gasteiger partial charge in [0.1, 0.15) is 12.3 Å². The zero-order valence-electron chi connectivity index (χ0n) is 8.94. The molecule has 0 N–H and O–H groups in total. The van der Waals surface area contributed by atoms with Crippen molar-refractivity contribution in [3.8, 4) is 0 Å². The molecule has 2 rings (SSSR count). The van der Waals surface area contributed by atoms with Crippen LogP contribution in [0.15, 0.2) is 29.2 Å². The molecule has 0 atom stereocenters. The van der Waals surface area contributed by atoms with Gasteiger partial charge in [-0.2, -0.15) is 8.42 Å². The van der Waals surface area contributed by atoms with Crippen LogP contribution in [0.4, 0.5) is 4.39 Å². The van der Waals surface area contributed by atoms with E-state index in [1.54, 1.807) is 12.1 Å². The quantitative estimate of drug-likeness (QED) is 0.763. The maximum atomic E-state index is 12.6. The van der Waals surface area contributed by atoms with Gasteiger partial charge >= 0.3 is 0 Å². The molecule has 0 aliphatic heterocycles. The van der Waals surface area contributed by atoms with Gasteiger partial charge in [0, 0.05) is 0 Å². The van der Waals surface area contributed by atoms with Gasteiger partial charge in [-0.1, -0.05) is 17.7 Å². The molecule has 88 valence electrons. The summed E-state index contributed by atoms with van der Waals surface area (Å²) in [7, 11) is -3.82. The summed E-state index contributed by atoms with van der Waals surface area (Å²) in [6.45, 7) is 1.11. The molecule has 0 amide bonds. The Morgan fingerprint density at radius 3 is 2.31 bits per heavy atom. The Bertz CT molecular complexity index is 474. The smallest absolute Gasteiger partial charge is 0.257 e. The van der Waals surface area contributed by atoms with Gasteiger partial charge in [-0.25, -0.2) is 4.39 Å². The Hall–Kier alpha value is -0.940. The monoisotopic (exact) mass is 244 g/mol. The molecule has 0 bridgehead atoms. The molecule has 0 saturated heterocycles. The molecule has 0 heterocycles. The molecule has 5 heteroatoms. The number of rotatable bonds is 4. The molecular formula is C11H13FO3S. The van der Waals surface area contributed by atoms with E-state index in [-0.39, 0.29) is 4.90 Å². The third kappa shape index (κ3) is 2.25. The molecule has 16 heavy (non-hydrogen) atoms. The first kappa shape index (κ1) is 11.5. The number of hydrogen-bond donors (Lipinski definition) is 0. The molecule has 0 unspecified atom stereocenters. The first-order valence-corrected chi connectivity index (χ1v) is 6.47. The Morgan fingerprint density at radius 2 is 1.88 bits per heavy atom. The van der Waals surface area contributed by atoms with E-state index in [1.165, 1.54) is 12.1 Å². The van der Waals surface area contributed by atoms with E-state index in [9.17, 15) is 12.8 Å². The highest BCUT2D eigenvalue weighted by molar-refractivity contribution is 7.86. The number of aryl methyl sites for hydroxylation is 1. The molecule has 3 nitrogen and oxygen atoms in total. The van der Waals surface area contributed by atoms with E-state index in [0.29, 0.717) is 12.8 Å². The van der Waals surface area contributed by atoms with Gasteiger partial charge in [-0.15, -0.1) is 0 Å². The number of halogens is 1. The summed E-state index contributed by atoms with van der Waals surface area (Å²) in [4.78, 5) is 0.0813. The second kappa shape index (κ2) is 3.82. The summed E-state index contributed by atoms with van der Waals surface area (Å²) in [5.74, 6) is 0. The Morgan fingerprint density at radius 1 is 1.31 bits per heavy atom. The highest BCUT2D eigenvalue weighted by Crippen LogP contribution is 2.42. The molecule has 0 radical (unpaired) electrons. The van der Waals surface area contributed by atoms with Crippen LogP contribution in [0.1, 0.15) is 18.4 Å². The predicted octanol–water partition coefficient (Wildman–Crippen LogP) is 2.20. The van der Waals surface area contributed by atoms with E-state index in [1.807, 2.05) is 6.92 Å². The molecule has 1 saturated carbocycles. The molecule has 0 aromatic heterocycles. The van der Waals surface area contributed by atoms with Crippen molar-refractivity contribution in [1.29, 1.82) is 0 Å². The van der Waals surface area contributed by atoms with Gasteiger partial charge in [0.15, 0.2) is 0 Å². The third-order valence-electron chi connectivity index (χ3n) is 2.65. The second-order valence-electron chi connectivity index (χ2n) is 4.17. The fourth-order valence-electron chi connectivity index (χ4n) is 1.36. The summed E-state index contributed by atoms with van der Waals surface area (Å²) in [5, 5.41) is 0. The maximum Gasteiger partial charge on any atom is 0.297 e. The summed E-state index contributed by atoms with van der Waals surface area (Å²) in [6.07, 6.45) is 0.934. The molecule has 1 fully saturated rings. The molecule has 0 spiro atoms. The summed E-state index contributed by atoms with van der Waals surface area (Å²) in [6, 6.07) is 6.31. The molecular weight excluding hydrogens is 231 g/mol. The van der Waals surface area contributed by atoms with Crippen LogP contribution in [0.5, 0.6) is 0 Å². The normalized spacial score (nSPS) is 18.4. The molecule has 1 aromatic rings. The van der Waals surface area contributed by atoms with Crippen LogP contribution in [0.3, 0.4) is 0 Å². The van der Waals surface area contributed by atoms with Gasteiger partial charge < -0.3 is 0 Å². The lowest BCUT2D eigenvalue weighted by atomic mass is 10.2. The van der Waals surface area contributed by atoms with Gasteiger partial charge in [0.05, 0.1) is 4.90 Å². The van der Waals surface area contributed by atoms with Crippen molar-refractivity contribution in [1.82, 2.24) is 0 Å². The van der Waals surface area contributed by atoms with Gasteiger partial charge in [-0.3, -0.25) is 4.18 Å². The molecule has 1 aliphatic rings. The highest BCUT2D eigenvalue weighted by atomic mass is 32.2. The zero-order chi connectivity index (χ0) is 11.8. The highest BCUT2D eigenvalue weighted by Gasteiger charge is 2.48. The van der Waals surface area contributed by atoms with Gasteiger partial charge in [0.2, 0.25) is 0 Å². The first-order valence-electron chi connectivity index (χ1n) is 5.06.